The second kappa shape index (κ2) is 5.64. The molecule has 1 aliphatic rings. The Hall–Kier alpha value is -1.85. The maximum atomic E-state index is 12.0. The van der Waals surface area contributed by atoms with Crippen LogP contribution in [0.5, 0.6) is 0 Å². The molecule has 1 fully saturated rings. The van der Waals surface area contributed by atoms with Gasteiger partial charge in [0, 0.05) is 31.5 Å². The fourth-order valence-corrected chi connectivity index (χ4v) is 2.11. The van der Waals surface area contributed by atoms with Gasteiger partial charge in [-0.2, -0.15) is 0 Å². The number of aryl methyl sites for hydroxylation is 1. The number of nitrogens with zero attached hydrogens (tertiary/aromatic N) is 3. The maximum Gasteiger partial charge on any atom is 0.410 e. The number of ether oxygens (including phenoxy) is 1. The Kier molecular flexibility index (Phi) is 4.11. The molecular formula is C14H22N4O2. The Balaban J connectivity index is 1.90. The lowest BCUT2D eigenvalue weighted by Crippen LogP contribution is -2.36. The van der Waals surface area contributed by atoms with Gasteiger partial charge in [-0.3, -0.25) is 4.98 Å². The van der Waals surface area contributed by atoms with E-state index >= 15 is 0 Å². The molecule has 0 aromatic carbocycles. The highest BCUT2D eigenvalue weighted by Gasteiger charge is 2.30. The maximum absolute atomic E-state index is 12.0. The van der Waals surface area contributed by atoms with Crippen LogP contribution in [0.25, 0.3) is 0 Å². The summed E-state index contributed by atoms with van der Waals surface area (Å²) < 4.78 is 5.38. The van der Waals surface area contributed by atoms with Crippen LogP contribution in [0.15, 0.2) is 12.4 Å². The minimum Gasteiger partial charge on any atom is -0.444 e. The first kappa shape index (κ1) is 14.6. The molecule has 2 heterocycles. The summed E-state index contributed by atoms with van der Waals surface area (Å²) in [6.07, 6.45) is 3.96. The zero-order chi connectivity index (χ0) is 14.8. The van der Waals surface area contributed by atoms with Crippen LogP contribution in [-0.4, -0.2) is 45.7 Å². The molecule has 1 atom stereocenters. The summed E-state index contributed by atoms with van der Waals surface area (Å²) in [5.74, 6) is 0.781. The number of amides is 1. The summed E-state index contributed by atoms with van der Waals surface area (Å²) in [7, 11) is 0. The topological polar surface area (TPSA) is 67.4 Å². The van der Waals surface area contributed by atoms with E-state index in [0.29, 0.717) is 13.1 Å². The molecule has 1 aliphatic heterocycles. The summed E-state index contributed by atoms with van der Waals surface area (Å²) >= 11 is 0. The number of aromatic nitrogens is 2. The first-order valence-electron chi connectivity index (χ1n) is 6.87. The van der Waals surface area contributed by atoms with E-state index in [2.05, 4.69) is 15.3 Å². The normalized spacial score (nSPS) is 19.0. The minimum atomic E-state index is -0.454. The van der Waals surface area contributed by atoms with E-state index in [1.54, 1.807) is 17.3 Å². The molecule has 0 aliphatic carbocycles. The highest BCUT2D eigenvalue weighted by molar-refractivity contribution is 5.68. The average Bonchev–Trinajstić information content (AvgIpc) is 2.79. The van der Waals surface area contributed by atoms with E-state index in [1.165, 1.54) is 0 Å². The number of anilines is 1. The Morgan fingerprint density at radius 3 is 2.75 bits per heavy atom. The van der Waals surface area contributed by atoms with E-state index < -0.39 is 5.60 Å². The van der Waals surface area contributed by atoms with Crippen molar-refractivity contribution >= 4 is 11.9 Å². The Bertz CT molecular complexity index is 484. The standard InChI is InChI=1S/C14H22N4O2/c1-10-12(16-7-6-15-10)17-11-5-8-18(9-11)13(19)20-14(2,3)4/h6-7,11H,5,8-9H2,1-4H3,(H,16,17)/t11-/m0/s1. The lowest BCUT2D eigenvalue weighted by atomic mass is 10.2. The van der Waals surface area contributed by atoms with Gasteiger partial charge in [0.2, 0.25) is 0 Å². The highest BCUT2D eigenvalue weighted by Crippen LogP contribution is 2.18. The minimum absolute atomic E-state index is 0.193. The molecule has 0 radical (unpaired) electrons. The van der Waals surface area contributed by atoms with Gasteiger partial charge in [-0.05, 0) is 34.1 Å². The van der Waals surface area contributed by atoms with Crippen LogP contribution in [0.3, 0.4) is 0 Å². The van der Waals surface area contributed by atoms with Crippen LogP contribution in [0.4, 0.5) is 10.6 Å². The predicted octanol–water partition coefficient (Wildman–Crippen LogP) is 2.21. The molecule has 6 nitrogen and oxygen atoms in total. The van der Waals surface area contributed by atoms with Gasteiger partial charge in [-0.25, -0.2) is 9.78 Å². The highest BCUT2D eigenvalue weighted by atomic mass is 16.6. The number of nitrogens with one attached hydrogen (secondary N) is 1. The van der Waals surface area contributed by atoms with E-state index in [9.17, 15) is 4.79 Å². The third kappa shape index (κ3) is 3.82. The predicted molar refractivity (Wildman–Crippen MR) is 76.6 cm³/mol. The van der Waals surface area contributed by atoms with Crippen LogP contribution in [0.1, 0.15) is 32.9 Å². The average molecular weight is 278 g/mol. The summed E-state index contributed by atoms with van der Waals surface area (Å²) in [5, 5.41) is 3.33. The molecule has 20 heavy (non-hydrogen) atoms. The van der Waals surface area contributed by atoms with Crippen molar-refractivity contribution in [1.29, 1.82) is 0 Å². The second-order valence-electron chi connectivity index (χ2n) is 6.05. The first-order chi connectivity index (χ1) is 9.35. The number of rotatable bonds is 2. The van der Waals surface area contributed by atoms with Gasteiger partial charge in [0.05, 0.1) is 5.69 Å². The van der Waals surface area contributed by atoms with Gasteiger partial charge in [-0.1, -0.05) is 0 Å². The van der Waals surface area contributed by atoms with Gasteiger partial charge in [0.25, 0.3) is 0 Å². The van der Waals surface area contributed by atoms with Crippen LogP contribution < -0.4 is 5.32 Å². The monoisotopic (exact) mass is 278 g/mol. The molecular weight excluding hydrogens is 256 g/mol. The third-order valence-electron chi connectivity index (χ3n) is 3.06. The molecule has 0 spiro atoms. The van der Waals surface area contributed by atoms with E-state index in [-0.39, 0.29) is 12.1 Å². The molecule has 0 saturated carbocycles. The lowest BCUT2D eigenvalue weighted by Gasteiger charge is -2.24. The molecule has 1 aromatic heterocycles. The molecule has 110 valence electrons. The summed E-state index contributed by atoms with van der Waals surface area (Å²) in [4.78, 5) is 22.2. The van der Waals surface area contributed by atoms with Crippen molar-refractivity contribution in [3.63, 3.8) is 0 Å². The number of hydrogen-bond acceptors (Lipinski definition) is 5. The van der Waals surface area contributed by atoms with E-state index in [1.807, 2.05) is 27.7 Å². The van der Waals surface area contributed by atoms with Gasteiger partial charge in [0.15, 0.2) is 0 Å². The van der Waals surface area contributed by atoms with Crippen LogP contribution in [0, 0.1) is 6.92 Å². The largest absolute Gasteiger partial charge is 0.444 e. The fraction of sp³-hybridized carbons (Fsp3) is 0.643. The first-order valence-corrected chi connectivity index (χ1v) is 6.87. The van der Waals surface area contributed by atoms with Crippen molar-refractivity contribution in [2.75, 3.05) is 18.4 Å². The van der Waals surface area contributed by atoms with Gasteiger partial charge < -0.3 is 15.0 Å². The number of hydrogen-bond donors (Lipinski definition) is 1. The molecule has 6 heteroatoms. The van der Waals surface area contributed by atoms with Gasteiger partial charge >= 0.3 is 6.09 Å². The number of carbonyl (C=O) groups is 1. The third-order valence-corrected chi connectivity index (χ3v) is 3.06. The van der Waals surface area contributed by atoms with Gasteiger partial charge in [0.1, 0.15) is 11.4 Å². The molecule has 1 amide bonds. The van der Waals surface area contributed by atoms with Crippen LogP contribution in [-0.2, 0) is 4.74 Å². The molecule has 2 rings (SSSR count). The second-order valence-corrected chi connectivity index (χ2v) is 6.05. The SMILES string of the molecule is Cc1nccnc1N[C@H]1CCN(C(=O)OC(C)(C)C)C1. The summed E-state index contributed by atoms with van der Waals surface area (Å²) in [5.41, 5.74) is 0.410. The number of likely N-dealkylation sites (tertiary alicyclic amines) is 1. The van der Waals surface area contributed by atoms with E-state index in [4.69, 9.17) is 4.74 Å². The molecule has 1 N–H and O–H groups in total. The summed E-state index contributed by atoms with van der Waals surface area (Å²) in [6, 6.07) is 0.193. The van der Waals surface area contributed by atoms with Crippen LogP contribution in [0.2, 0.25) is 0 Å². The van der Waals surface area contributed by atoms with Crippen molar-refractivity contribution < 1.29 is 9.53 Å². The number of carbonyl (C=O) groups excluding carboxylic acids is 1. The summed E-state index contributed by atoms with van der Waals surface area (Å²) in [6.45, 7) is 8.87. The van der Waals surface area contributed by atoms with Crippen molar-refractivity contribution in [3.05, 3.63) is 18.1 Å². The van der Waals surface area contributed by atoms with Crippen LogP contribution >= 0.6 is 0 Å². The van der Waals surface area contributed by atoms with E-state index in [0.717, 1.165) is 17.9 Å². The quantitative estimate of drug-likeness (QED) is 0.898. The molecule has 1 aromatic rings. The fourth-order valence-electron chi connectivity index (χ4n) is 2.11. The Morgan fingerprint density at radius 2 is 2.10 bits per heavy atom. The molecule has 0 bridgehead atoms. The van der Waals surface area contributed by atoms with Crippen molar-refractivity contribution in [2.24, 2.45) is 0 Å². The lowest BCUT2D eigenvalue weighted by molar-refractivity contribution is 0.0293. The Labute approximate surface area is 119 Å². The van der Waals surface area contributed by atoms with Crippen molar-refractivity contribution in [3.8, 4) is 0 Å². The molecule has 1 saturated heterocycles. The van der Waals surface area contributed by atoms with Crippen molar-refractivity contribution in [1.82, 2.24) is 14.9 Å². The smallest absolute Gasteiger partial charge is 0.410 e. The van der Waals surface area contributed by atoms with Gasteiger partial charge in [-0.15, -0.1) is 0 Å². The molecule has 0 unspecified atom stereocenters. The zero-order valence-electron chi connectivity index (χ0n) is 12.5. The zero-order valence-corrected chi connectivity index (χ0v) is 12.5. The van der Waals surface area contributed by atoms with Crippen molar-refractivity contribution in [2.45, 2.75) is 45.8 Å². The Morgan fingerprint density at radius 1 is 1.40 bits per heavy atom.